The highest BCUT2D eigenvalue weighted by molar-refractivity contribution is 5.03. The summed E-state index contributed by atoms with van der Waals surface area (Å²) in [6.07, 6.45) is 7.94. The van der Waals surface area contributed by atoms with Crippen molar-refractivity contribution in [2.24, 2.45) is 11.8 Å². The normalized spacial score (nSPS) is 28.8. The molecule has 0 amide bonds. The quantitative estimate of drug-likeness (QED) is 0.755. The van der Waals surface area contributed by atoms with E-state index in [9.17, 15) is 0 Å². The summed E-state index contributed by atoms with van der Waals surface area (Å²) in [5.74, 6) is 1.84. The molecular weight excluding hydrogens is 208 g/mol. The van der Waals surface area contributed by atoms with Gasteiger partial charge in [0.2, 0.25) is 0 Å². The first-order chi connectivity index (χ1) is 8.25. The highest BCUT2D eigenvalue weighted by atomic mass is 15.2. The van der Waals surface area contributed by atoms with Crippen LogP contribution in [0.4, 0.5) is 0 Å². The topological polar surface area (TPSA) is 15.3 Å². The Kier molecular flexibility index (Phi) is 5.05. The fraction of sp³-hybridized carbons (Fsp3) is 0.867. The van der Waals surface area contributed by atoms with Gasteiger partial charge in [-0.3, -0.25) is 0 Å². The fourth-order valence-electron chi connectivity index (χ4n) is 3.06. The van der Waals surface area contributed by atoms with Gasteiger partial charge in [-0.2, -0.15) is 0 Å². The molecule has 0 bridgehead atoms. The van der Waals surface area contributed by atoms with Crippen LogP contribution in [0.25, 0.3) is 0 Å². The van der Waals surface area contributed by atoms with E-state index >= 15 is 0 Å². The standard InChI is InChI=1S/C15H28N2/c1-13-3-5-15(6-4-13)14(2)7-10-17-11-8-16-9-12-17/h3,14-16H,4-12H2,1-2H3. The lowest BCUT2D eigenvalue weighted by Crippen LogP contribution is -2.44. The summed E-state index contributed by atoms with van der Waals surface area (Å²) in [5, 5.41) is 3.42. The van der Waals surface area contributed by atoms with Crippen LogP contribution in [0.5, 0.6) is 0 Å². The molecular formula is C15H28N2. The van der Waals surface area contributed by atoms with Crippen molar-refractivity contribution in [3.05, 3.63) is 11.6 Å². The predicted octanol–water partition coefficient (Wildman–Crippen LogP) is 2.66. The zero-order chi connectivity index (χ0) is 12.1. The van der Waals surface area contributed by atoms with Gasteiger partial charge < -0.3 is 10.2 Å². The third kappa shape index (κ3) is 4.11. The molecule has 0 aromatic heterocycles. The molecule has 2 rings (SSSR count). The van der Waals surface area contributed by atoms with Crippen molar-refractivity contribution in [2.75, 3.05) is 32.7 Å². The van der Waals surface area contributed by atoms with Gasteiger partial charge in [0.15, 0.2) is 0 Å². The number of rotatable bonds is 4. The van der Waals surface area contributed by atoms with Gasteiger partial charge in [-0.05, 0) is 51.0 Å². The minimum Gasteiger partial charge on any atom is -0.314 e. The van der Waals surface area contributed by atoms with E-state index in [1.165, 1.54) is 58.4 Å². The molecule has 0 radical (unpaired) electrons. The van der Waals surface area contributed by atoms with Gasteiger partial charge in [0.05, 0.1) is 0 Å². The van der Waals surface area contributed by atoms with Crippen molar-refractivity contribution < 1.29 is 0 Å². The molecule has 2 aliphatic rings. The van der Waals surface area contributed by atoms with E-state index < -0.39 is 0 Å². The summed E-state index contributed by atoms with van der Waals surface area (Å²) in [6.45, 7) is 10.9. The van der Waals surface area contributed by atoms with E-state index in [1.807, 2.05) is 0 Å². The Hall–Kier alpha value is -0.340. The molecule has 0 aromatic carbocycles. The molecule has 1 saturated heterocycles. The van der Waals surface area contributed by atoms with Crippen LogP contribution in [0.2, 0.25) is 0 Å². The molecule has 2 atom stereocenters. The van der Waals surface area contributed by atoms with Crippen LogP contribution in [-0.2, 0) is 0 Å². The largest absolute Gasteiger partial charge is 0.314 e. The summed E-state index contributed by atoms with van der Waals surface area (Å²) in [5.41, 5.74) is 1.61. The molecule has 0 aromatic rings. The van der Waals surface area contributed by atoms with Crippen LogP contribution in [0.15, 0.2) is 11.6 Å². The van der Waals surface area contributed by atoms with Crippen LogP contribution in [0.3, 0.4) is 0 Å². The van der Waals surface area contributed by atoms with Crippen LogP contribution in [0.1, 0.15) is 39.5 Å². The van der Waals surface area contributed by atoms with Crippen molar-refractivity contribution in [1.29, 1.82) is 0 Å². The van der Waals surface area contributed by atoms with Crippen LogP contribution in [-0.4, -0.2) is 37.6 Å². The van der Waals surface area contributed by atoms with E-state index in [2.05, 4.69) is 30.1 Å². The third-order valence-corrected chi connectivity index (χ3v) is 4.59. The second-order valence-corrected chi connectivity index (χ2v) is 5.94. The van der Waals surface area contributed by atoms with Crippen LogP contribution >= 0.6 is 0 Å². The minimum atomic E-state index is 0.897. The first kappa shape index (κ1) is 13.1. The molecule has 2 unspecified atom stereocenters. The highest BCUT2D eigenvalue weighted by Gasteiger charge is 2.20. The lowest BCUT2D eigenvalue weighted by atomic mass is 9.80. The van der Waals surface area contributed by atoms with E-state index in [4.69, 9.17) is 0 Å². The zero-order valence-electron chi connectivity index (χ0n) is 11.5. The number of nitrogens with zero attached hydrogens (tertiary/aromatic N) is 1. The van der Waals surface area contributed by atoms with Crippen LogP contribution < -0.4 is 5.32 Å². The first-order valence-electron chi connectivity index (χ1n) is 7.34. The second-order valence-electron chi connectivity index (χ2n) is 5.94. The van der Waals surface area contributed by atoms with E-state index in [0.29, 0.717) is 0 Å². The molecule has 98 valence electrons. The minimum absolute atomic E-state index is 0.897. The number of hydrogen-bond donors (Lipinski definition) is 1. The number of hydrogen-bond acceptors (Lipinski definition) is 2. The SMILES string of the molecule is CC1=CCC(C(C)CCN2CCNCC2)CC1. The van der Waals surface area contributed by atoms with Crippen molar-refractivity contribution >= 4 is 0 Å². The Bertz CT molecular complexity index is 254. The highest BCUT2D eigenvalue weighted by Crippen LogP contribution is 2.30. The summed E-state index contributed by atoms with van der Waals surface area (Å²) < 4.78 is 0. The Morgan fingerprint density at radius 3 is 2.82 bits per heavy atom. The van der Waals surface area contributed by atoms with Crippen molar-refractivity contribution in [3.63, 3.8) is 0 Å². The number of piperazine rings is 1. The van der Waals surface area contributed by atoms with Gasteiger partial charge in [-0.15, -0.1) is 0 Å². The smallest absolute Gasteiger partial charge is 0.0107 e. The van der Waals surface area contributed by atoms with Crippen LogP contribution in [0, 0.1) is 11.8 Å². The van der Waals surface area contributed by atoms with E-state index in [1.54, 1.807) is 5.57 Å². The molecule has 2 nitrogen and oxygen atoms in total. The molecule has 17 heavy (non-hydrogen) atoms. The summed E-state index contributed by atoms with van der Waals surface area (Å²) in [7, 11) is 0. The molecule has 0 spiro atoms. The molecule has 1 heterocycles. The van der Waals surface area contributed by atoms with Gasteiger partial charge in [0.1, 0.15) is 0 Å². The van der Waals surface area contributed by atoms with Gasteiger partial charge in [-0.1, -0.05) is 18.6 Å². The molecule has 2 heteroatoms. The average molecular weight is 236 g/mol. The van der Waals surface area contributed by atoms with Gasteiger partial charge >= 0.3 is 0 Å². The van der Waals surface area contributed by atoms with Gasteiger partial charge in [0, 0.05) is 26.2 Å². The van der Waals surface area contributed by atoms with E-state index in [-0.39, 0.29) is 0 Å². The Labute approximate surface area is 106 Å². The molecule has 0 saturated carbocycles. The Morgan fingerprint density at radius 2 is 2.18 bits per heavy atom. The molecule has 1 fully saturated rings. The number of allylic oxidation sites excluding steroid dienone is 2. The average Bonchev–Trinajstić information content (AvgIpc) is 2.38. The summed E-state index contributed by atoms with van der Waals surface area (Å²) >= 11 is 0. The van der Waals surface area contributed by atoms with Gasteiger partial charge in [0.25, 0.3) is 0 Å². The van der Waals surface area contributed by atoms with Crippen molar-refractivity contribution in [1.82, 2.24) is 10.2 Å². The molecule has 1 aliphatic carbocycles. The zero-order valence-corrected chi connectivity index (χ0v) is 11.5. The Balaban J connectivity index is 1.68. The Morgan fingerprint density at radius 1 is 1.41 bits per heavy atom. The van der Waals surface area contributed by atoms with Gasteiger partial charge in [-0.25, -0.2) is 0 Å². The fourth-order valence-corrected chi connectivity index (χ4v) is 3.06. The maximum Gasteiger partial charge on any atom is 0.0107 e. The first-order valence-corrected chi connectivity index (χ1v) is 7.34. The van der Waals surface area contributed by atoms with Crippen molar-refractivity contribution in [2.45, 2.75) is 39.5 Å². The molecule has 1 aliphatic heterocycles. The molecule has 1 N–H and O–H groups in total. The third-order valence-electron chi connectivity index (χ3n) is 4.59. The summed E-state index contributed by atoms with van der Waals surface area (Å²) in [6, 6.07) is 0. The number of nitrogens with one attached hydrogen (secondary N) is 1. The maximum absolute atomic E-state index is 3.42. The maximum atomic E-state index is 3.42. The van der Waals surface area contributed by atoms with Crippen molar-refractivity contribution in [3.8, 4) is 0 Å². The van der Waals surface area contributed by atoms with E-state index in [0.717, 1.165) is 11.8 Å². The predicted molar refractivity (Wildman–Crippen MR) is 74.2 cm³/mol. The lowest BCUT2D eigenvalue weighted by Gasteiger charge is -2.31. The monoisotopic (exact) mass is 236 g/mol. The lowest BCUT2D eigenvalue weighted by molar-refractivity contribution is 0.205. The summed E-state index contributed by atoms with van der Waals surface area (Å²) in [4.78, 5) is 2.62. The second kappa shape index (κ2) is 6.55.